The first-order valence-electron chi connectivity index (χ1n) is 6.93. The lowest BCUT2D eigenvalue weighted by atomic mass is 10.1. The first kappa shape index (κ1) is 20.2. The fourth-order valence-electron chi connectivity index (χ4n) is 1.85. The van der Waals surface area contributed by atoms with E-state index in [0.717, 1.165) is 12.4 Å². The van der Waals surface area contributed by atoms with Crippen molar-refractivity contribution < 1.29 is 39.0 Å². The molecule has 0 aliphatic carbocycles. The van der Waals surface area contributed by atoms with Gasteiger partial charge < -0.3 is 25.1 Å². The summed E-state index contributed by atoms with van der Waals surface area (Å²) in [6.07, 6.45) is 0.799. The maximum atomic E-state index is 11.1. The van der Waals surface area contributed by atoms with Gasteiger partial charge in [-0.25, -0.2) is 9.36 Å². The van der Waals surface area contributed by atoms with Gasteiger partial charge in [-0.2, -0.15) is 0 Å². The number of aromatic hydroxyl groups is 1. The van der Waals surface area contributed by atoms with E-state index in [1.54, 1.807) is 6.92 Å². The van der Waals surface area contributed by atoms with Gasteiger partial charge in [-0.15, -0.1) is 0 Å². The summed E-state index contributed by atoms with van der Waals surface area (Å²) in [5, 5.41) is 28.9. The summed E-state index contributed by atoms with van der Waals surface area (Å²) in [4.78, 5) is 36.2. The van der Waals surface area contributed by atoms with Crippen molar-refractivity contribution in [2.45, 2.75) is 39.0 Å². The van der Waals surface area contributed by atoms with Gasteiger partial charge in [0, 0.05) is 23.5 Å². The van der Waals surface area contributed by atoms with Crippen molar-refractivity contribution in [3.8, 4) is 5.75 Å². The molecular formula is C13H19N2O8P. The van der Waals surface area contributed by atoms with Gasteiger partial charge in [0.25, 0.3) is 0 Å². The highest BCUT2D eigenvalue weighted by atomic mass is 31.2. The van der Waals surface area contributed by atoms with E-state index >= 15 is 0 Å². The maximum Gasteiger partial charge on any atom is 0.472 e. The van der Waals surface area contributed by atoms with Gasteiger partial charge in [-0.3, -0.25) is 14.5 Å². The molecule has 134 valence electrons. The standard InChI is InChI=1S/C13H19N2O8P/c1-3-4-10(12(17)18)15-5-8-9(6-14-7(2)11(8)16)13(19)23-24(20,21)22/h5-6,10,13,16,19H,3-4H2,1-2H3,(H,17,18)(H2,20,21,22)/t10-,13?/m0/s1. The fraction of sp³-hybridized carbons (Fsp3) is 0.462. The molecule has 1 aromatic rings. The first-order valence-corrected chi connectivity index (χ1v) is 8.46. The number of aliphatic hydroxyl groups is 1. The molecule has 0 radical (unpaired) electrons. The molecule has 0 amide bonds. The number of phosphoric acid groups is 1. The van der Waals surface area contributed by atoms with E-state index in [-0.39, 0.29) is 23.2 Å². The van der Waals surface area contributed by atoms with Crippen LogP contribution in [0.3, 0.4) is 0 Å². The third-order valence-corrected chi connectivity index (χ3v) is 3.51. The minimum absolute atomic E-state index is 0.134. The van der Waals surface area contributed by atoms with Crippen LogP contribution in [0.5, 0.6) is 5.75 Å². The predicted octanol–water partition coefficient (Wildman–Crippen LogP) is 0.868. The van der Waals surface area contributed by atoms with Crippen molar-refractivity contribution in [3.63, 3.8) is 0 Å². The Morgan fingerprint density at radius 3 is 2.62 bits per heavy atom. The Labute approximate surface area is 137 Å². The molecule has 1 unspecified atom stereocenters. The number of hydrogen-bond acceptors (Lipinski definition) is 7. The number of carboxylic acids is 1. The molecule has 1 aromatic heterocycles. The molecule has 0 spiro atoms. The smallest absolute Gasteiger partial charge is 0.472 e. The molecule has 24 heavy (non-hydrogen) atoms. The van der Waals surface area contributed by atoms with Gasteiger partial charge >= 0.3 is 13.8 Å². The van der Waals surface area contributed by atoms with Crippen LogP contribution in [-0.2, 0) is 13.9 Å². The number of aromatic nitrogens is 1. The summed E-state index contributed by atoms with van der Waals surface area (Å²) in [5.41, 5.74) is -0.234. The third-order valence-electron chi connectivity index (χ3n) is 3.04. The highest BCUT2D eigenvalue weighted by molar-refractivity contribution is 7.46. The van der Waals surface area contributed by atoms with Gasteiger partial charge in [0.2, 0.25) is 0 Å². The maximum absolute atomic E-state index is 11.1. The normalized spacial score (nSPS) is 14.7. The van der Waals surface area contributed by atoms with E-state index in [9.17, 15) is 19.6 Å². The second-order valence-corrected chi connectivity index (χ2v) is 6.12. The number of carbonyl (C=O) groups is 1. The van der Waals surface area contributed by atoms with Crippen LogP contribution in [0.15, 0.2) is 11.2 Å². The second kappa shape index (κ2) is 8.32. The number of phosphoric ester groups is 1. The number of pyridine rings is 1. The lowest BCUT2D eigenvalue weighted by Gasteiger charge is -2.16. The monoisotopic (exact) mass is 362 g/mol. The van der Waals surface area contributed by atoms with Crippen molar-refractivity contribution >= 4 is 20.0 Å². The number of aryl methyl sites for hydroxylation is 1. The Hall–Kier alpha value is -1.84. The molecule has 5 N–H and O–H groups in total. The number of rotatable bonds is 8. The summed E-state index contributed by atoms with van der Waals surface area (Å²) in [5.74, 6) is -1.57. The summed E-state index contributed by atoms with van der Waals surface area (Å²) < 4.78 is 15.0. The molecule has 10 nitrogen and oxygen atoms in total. The van der Waals surface area contributed by atoms with Gasteiger partial charge in [-0.05, 0) is 13.3 Å². The Bertz CT molecular complexity index is 672. The predicted molar refractivity (Wildman–Crippen MR) is 82.7 cm³/mol. The Kier molecular flexibility index (Phi) is 7.00. The topological polar surface area (TPSA) is 170 Å². The number of aliphatic carboxylic acids is 1. The average Bonchev–Trinajstić information content (AvgIpc) is 2.45. The molecule has 0 aliphatic heterocycles. The van der Waals surface area contributed by atoms with E-state index in [1.165, 1.54) is 6.92 Å². The van der Waals surface area contributed by atoms with Crippen LogP contribution < -0.4 is 0 Å². The van der Waals surface area contributed by atoms with E-state index < -0.39 is 31.9 Å². The number of hydrogen-bond donors (Lipinski definition) is 5. The summed E-state index contributed by atoms with van der Waals surface area (Å²) >= 11 is 0. The van der Waals surface area contributed by atoms with Crippen LogP contribution in [0.4, 0.5) is 0 Å². The van der Waals surface area contributed by atoms with Crippen LogP contribution in [0, 0.1) is 6.92 Å². The molecule has 11 heteroatoms. The first-order chi connectivity index (χ1) is 11.1. The third kappa shape index (κ3) is 5.66. The highest BCUT2D eigenvalue weighted by Crippen LogP contribution is 2.42. The van der Waals surface area contributed by atoms with Gasteiger partial charge in [0.1, 0.15) is 11.8 Å². The van der Waals surface area contributed by atoms with E-state index in [4.69, 9.17) is 14.9 Å². The van der Waals surface area contributed by atoms with Crippen molar-refractivity contribution in [1.82, 2.24) is 4.98 Å². The fourth-order valence-corrected chi connectivity index (χ4v) is 2.22. The van der Waals surface area contributed by atoms with E-state index in [0.29, 0.717) is 6.42 Å². The molecule has 0 aliphatic rings. The molecule has 0 aromatic carbocycles. The molecule has 0 bridgehead atoms. The van der Waals surface area contributed by atoms with Crippen LogP contribution in [-0.4, -0.2) is 48.3 Å². The van der Waals surface area contributed by atoms with E-state index in [1.807, 2.05) is 0 Å². The lowest BCUT2D eigenvalue weighted by Crippen LogP contribution is -2.18. The van der Waals surface area contributed by atoms with Crippen LogP contribution in [0.1, 0.15) is 42.9 Å². The van der Waals surface area contributed by atoms with Crippen molar-refractivity contribution in [1.29, 1.82) is 0 Å². The van der Waals surface area contributed by atoms with Crippen LogP contribution >= 0.6 is 7.82 Å². The number of nitrogens with zero attached hydrogens (tertiary/aromatic N) is 2. The largest absolute Gasteiger partial charge is 0.505 e. The minimum atomic E-state index is -5.00. The van der Waals surface area contributed by atoms with Crippen molar-refractivity contribution in [2.75, 3.05) is 0 Å². The van der Waals surface area contributed by atoms with Gasteiger partial charge in [0.15, 0.2) is 6.29 Å². The highest BCUT2D eigenvalue weighted by Gasteiger charge is 2.25. The summed E-state index contributed by atoms with van der Waals surface area (Å²) in [7, 11) is -5.00. The van der Waals surface area contributed by atoms with Gasteiger partial charge in [-0.1, -0.05) is 13.3 Å². The lowest BCUT2D eigenvalue weighted by molar-refractivity contribution is -0.138. The van der Waals surface area contributed by atoms with Gasteiger partial charge in [0.05, 0.1) is 5.69 Å². The zero-order valence-corrected chi connectivity index (χ0v) is 13.9. The zero-order valence-electron chi connectivity index (χ0n) is 13.0. The minimum Gasteiger partial charge on any atom is -0.505 e. The molecule has 0 saturated carbocycles. The average molecular weight is 362 g/mol. The van der Waals surface area contributed by atoms with Crippen LogP contribution in [0.25, 0.3) is 0 Å². The number of carboxylic acid groups (broad SMARTS) is 1. The molecule has 0 fully saturated rings. The molecule has 0 saturated heterocycles. The Morgan fingerprint density at radius 1 is 1.50 bits per heavy atom. The molecule has 1 rings (SSSR count). The van der Waals surface area contributed by atoms with Crippen LogP contribution in [0.2, 0.25) is 0 Å². The number of aliphatic imine (C=N–C) groups is 1. The Morgan fingerprint density at radius 2 is 2.12 bits per heavy atom. The Balaban J connectivity index is 3.27. The van der Waals surface area contributed by atoms with E-state index in [2.05, 4.69) is 14.5 Å². The molecule has 2 atom stereocenters. The quantitative estimate of drug-likeness (QED) is 0.256. The SMILES string of the molecule is CCC[C@H](N=Cc1c(C(O)OP(=O)(O)O)cnc(C)c1O)C(=O)O. The summed E-state index contributed by atoms with van der Waals surface area (Å²) in [6, 6.07) is -1.06. The van der Waals surface area contributed by atoms with Crippen molar-refractivity contribution in [2.24, 2.45) is 4.99 Å². The second-order valence-electron chi connectivity index (χ2n) is 4.93. The molecule has 1 heterocycles. The zero-order chi connectivity index (χ0) is 18.5. The summed E-state index contributed by atoms with van der Waals surface area (Å²) in [6.45, 7) is 3.23. The molecular weight excluding hydrogens is 343 g/mol. The van der Waals surface area contributed by atoms with Crippen molar-refractivity contribution in [3.05, 3.63) is 23.0 Å². The number of aliphatic hydroxyl groups excluding tert-OH is 1.